The van der Waals surface area contributed by atoms with Gasteiger partial charge in [-0.25, -0.2) is 0 Å². The van der Waals surface area contributed by atoms with Crippen LogP contribution in [-0.2, 0) is 0 Å². The number of nitrogens with zero attached hydrogens (tertiary/aromatic N) is 2. The fraction of sp³-hybridized carbons (Fsp3) is 0. The molecule has 0 saturated heterocycles. The lowest BCUT2D eigenvalue weighted by Gasteiger charge is -2.30. The Labute approximate surface area is 318 Å². The van der Waals surface area contributed by atoms with Gasteiger partial charge in [0, 0.05) is 44.0 Å². The molecule has 0 radical (unpaired) electrons. The zero-order valence-corrected chi connectivity index (χ0v) is 29.9. The van der Waals surface area contributed by atoms with Crippen LogP contribution >= 0.6 is 0 Å². The highest BCUT2D eigenvalue weighted by atomic mass is 16.3. The first-order valence-electron chi connectivity index (χ1n) is 18.8. The third kappa shape index (κ3) is 4.98. The molecule has 0 spiro atoms. The topological polar surface area (TPSA) is 21.3 Å². The first kappa shape index (κ1) is 31.2. The molecule has 0 N–H and O–H groups in total. The van der Waals surface area contributed by atoms with Crippen LogP contribution in [0.1, 0.15) is 0 Å². The van der Waals surface area contributed by atoms with Crippen LogP contribution in [0, 0.1) is 0 Å². The highest BCUT2D eigenvalue weighted by Crippen LogP contribution is 2.49. The van der Waals surface area contributed by atoms with Gasteiger partial charge in [0.25, 0.3) is 0 Å². The molecule has 11 rings (SSSR count). The molecule has 0 aliphatic rings. The normalized spacial score (nSPS) is 11.6. The number of fused-ring (bicyclic) bond motifs is 7. The molecule has 0 bridgehead atoms. The smallest absolute Gasteiger partial charge is 0.145 e. The molecular formula is C52H34N2O. The zero-order valence-electron chi connectivity index (χ0n) is 29.9. The third-order valence-corrected chi connectivity index (χ3v) is 11.0. The Bertz CT molecular complexity index is 3150. The number of benzene rings is 9. The Morgan fingerprint density at radius 1 is 0.382 bits per heavy atom. The number of hydrogen-bond donors (Lipinski definition) is 0. The molecule has 2 heterocycles. The first-order valence-corrected chi connectivity index (χ1v) is 18.8. The van der Waals surface area contributed by atoms with E-state index < -0.39 is 0 Å². The molecular weight excluding hydrogens is 669 g/mol. The summed E-state index contributed by atoms with van der Waals surface area (Å²) in [5.74, 6) is 0. The lowest BCUT2D eigenvalue weighted by atomic mass is 9.94. The van der Waals surface area contributed by atoms with E-state index in [1.54, 1.807) is 0 Å². The summed E-state index contributed by atoms with van der Waals surface area (Å²) >= 11 is 0. The summed E-state index contributed by atoms with van der Waals surface area (Å²) < 4.78 is 9.23. The van der Waals surface area contributed by atoms with Gasteiger partial charge in [0.2, 0.25) is 0 Å². The molecule has 258 valence electrons. The van der Waals surface area contributed by atoms with Gasteiger partial charge in [-0.15, -0.1) is 0 Å². The highest BCUT2D eigenvalue weighted by Gasteiger charge is 2.25. The molecule has 11 aromatic rings. The lowest BCUT2D eigenvalue weighted by molar-refractivity contribution is 0.670. The molecule has 55 heavy (non-hydrogen) atoms. The van der Waals surface area contributed by atoms with Gasteiger partial charge in [0.05, 0.1) is 22.4 Å². The standard InChI is InChI=1S/C52H34N2O/c1-2-17-37(18-3-1)54(46-25-10-6-20-41(46)40-24-14-16-35-15-4-5-19-39(35)40)49-34-33-45-44-23-9-13-28-50(44)55-52(45)51(49)36-29-31-38(32-30-36)53-47-26-11-7-21-42(47)43-22-8-12-27-48(43)53/h1-34H. The van der Waals surface area contributed by atoms with E-state index in [1.807, 2.05) is 6.07 Å². The van der Waals surface area contributed by atoms with Crippen LogP contribution in [0.3, 0.4) is 0 Å². The fourth-order valence-electron chi connectivity index (χ4n) is 8.56. The van der Waals surface area contributed by atoms with Crippen molar-refractivity contribution in [1.82, 2.24) is 4.57 Å². The van der Waals surface area contributed by atoms with Crippen molar-refractivity contribution in [3.8, 4) is 27.9 Å². The van der Waals surface area contributed by atoms with E-state index in [0.29, 0.717) is 0 Å². The number of furan rings is 1. The minimum absolute atomic E-state index is 0.867. The second-order valence-corrected chi connectivity index (χ2v) is 14.1. The molecule has 0 saturated carbocycles. The van der Waals surface area contributed by atoms with Crippen LogP contribution in [0.2, 0.25) is 0 Å². The average Bonchev–Trinajstić information content (AvgIpc) is 3.80. The van der Waals surface area contributed by atoms with Crippen LogP contribution in [0.4, 0.5) is 17.1 Å². The molecule has 0 aliphatic carbocycles. The number of aromatic nitrogens is 1. The maximum atomic E-state index is 6.86. The van der Waals surface area contributed by atoms with Crippen LogP contribution in [0.15, 0.2) is 211 Å². The van der Waals surface area contributed by atoms with Crippen LogP contribution in [0.5, 0.6) is 0 Å². The Balaban J connectivity index is 1.17. The molecule has 3 heteroatoms. The minimum Gasteiger partial charge on any atom is -0.455 e. The van der Waals surface area contributed by atoms with E-state index >= 15 is 0 Å². The average molecular weight is 703 g/mol. The van der Waals surface area contributed by atoms with E-state index in [1.165, 1.54) is 38.1 Å². The van der Waals surface area contributed by atoms with Gasteiger partial charge in [-0.2, -0.15) is 0 Å². The van der Waals surface area contributed by atoms with Gasteiger partial charge in [-0.1, -0.05) is 146 Å². The van der Waals surface area contributed by atoms with Crippen molar-refractivity contribution in [2.24, 2.45) is 0 Å². The zero-order chi connectivity index (χ0) is 36.3. The van der Waals surface area contributed by atoms with Crippen LogP contribution in [-0.4, -0.2) is 4.57 Å². The number of anilines is 3. The van der Waals surface area contributed by atoms with Gasteiger partial charge in [-0.05, 0) is 82.6 Å². The SMILES string of the molecule is c1ccc(N(c2ccccc2-c2cccc3ccccc23)c2ccc3c(oc4ccccc43)c2-c2ccc(-n3c4ccccc4c4ccccc43)cc2)cc1. The van der Waals surface area contributed by atoms with E-state index in [0.717, 1.165) is 61.4 Å². The summed E-state index contributed by atoms with van der Waals surface area (Å²) in [5.41, 5.74) is 12.9. The van der Waals surface area contributed by atoms with Gasteiger partial charge >= 0.3 is 0 Å². The molecule has 2 aromatic heterocycles. The molecule has 0 fully saturated rings. The van der Waals surface area contributed by atoms with Crippen molar-refractivity contribution < 1.29 is 4.42 Å². The van der Waals surface area contributed by atoms with E-state index in [4.69, 9.17) is 4.42 Å². The molecule has 0 aliphatic heterocycles. The summed E-state index contributed by atoms with van der Waals surface area (Å²) in [6.07, 6.45) is 0. The quantitative estimate of drug-likeness (QED) is 0.172. The summed E-state index contributed by atoms with van der Waals surface area (Å²) in [6.45, 7) is 0. The Kier molecular flexibility index (Phi) is 7.17. The number of hydrogen-bond acceptors (Lipinski definition) is 2. The van der Waals surface area contributed by atoms with Crippen molar-refractivity contribution in [2.45, 2.75) is 0 Å². The Morgan fingerprint density at radius 3 is 1.76 bits per heavy atom. The van der Waals surface area contributed by atoms with Crippen LogP contribution in [0.25, 0.3) is 82.5 Å². The van der Waals surface area contributed by atoms with Crippen molar-refractivity contribution in [1.29, 1.82) is 0 Å². The van der Waals surface area contributed by atoms with Crippen molar-refractivity contribution >= 4 is 71.6 Å². The van der Waals surface area contributed by atoms with E-state index in [2.05, 4.69) is 210 Å². The van der Waals surface area contributed by atoms with Gasteiger partial charge in [-0.3, -0.25) is 0 Å². The molecule has 9 aromatic carbocycles. The maximum absolute atomic E-state index is 6.86. The van der Waals surface area contributed by atoms with E-state index in [-0.39, 0.29) is 0 Å². The Hall–Kier alpha value is -7.36. The maximum Gasteiger partial charge on any atom is 0.145 e. The van der Waals surface area contributed by atoms with E-state index in [9.17, 15) is 0 Å². The second kappa shape index (κ2) is 12.6. The summed E-state index contributed by atoms with van der Waals surface area (Å²) in [7, 11) is 0. The monoisotopic (exact) mass is 702 g/mol. The largest absolute Gasteiger partial charge is 0.455 e. The summed E-state index contributed by atoms with van der Waals surface area (Å²) in [4.78, 5) is 2.40. The van der Waals surface area contributed by atoms with Gasteiger partial charge in [0.1, 0.15) is 11.2 Å². The lowest BCUT2D eigenvalue weighted by Crippen LogP contribution is -2.12. The second-order valence-electron chi connectivity index (χ2n) is 14.1. The van der Waals surface area contributed by atoms with Gasteiger partial charge < -0.3 is 13.9 Å². The fourth-order valence-corrected chi connectivity index (χ4v) is 8.56. The minimum atomic E-state index is 0.867. The highest BCUT2D eigenvalue weighted by molar-refractivity contribution is 6.14. The molecule has 3 nitrogen and oxygen atoms in total. The van der Waals surface area contributed by atoms with Crippen molar-refractivity contribution in [3.63, 3.8) is 0 Å². The van der Waals surface area contributed by atoms with Crippen molar-refractivity contribution in [2.75, 3.05) is 4.90 Å². The third-order valence-electron chi connectivity index (χ3n) is 11.0. The molecule has 0 atom stereocenters. The van der Waals surface area contributed by atoms with Crippen LogP contribution < -0.4 is 4.90 Å². The number of para-hydroxylation sites is 5. The summed E-state index contributed by atoms with van der Waals surface area (Å²) in [6, 6.07) is 73.8. The first-order chi connectivity index (χ1) is 27.3. The summed E-state index contributed by atoms with van der Waals surface area (Å²) in [5, 5.41) is 7.14. The Morgan fingerprint density at radius 2 is 0.982 bits per heavy atom. The predicted molar refractivity (Wildman–Crippen MR) is 231 cm³/mol. The van der Waals surface area contributed by atoms with Gasteiger partial charge in [0.15, 0.2) is 0 Å². The molecule has 0 amide bonds. The number of rotatable bonds is 6. The van der Waals surface area contributed by atoms with Crippen molar-refractivity contribution in [3.05, 3.63) is 206 Å². The molecule has 0 unspecified atom stereocenters. The predicted octanol–water partition coefficient (Wildman–Crippen LogP) is 14.6.